The summed E-state index contributed by atoms with van der Waals surface area (Å²) >= 11 is 0. The van der Waals surface area contributed by atoms with Gasteiger partial charge in [0.05, 0.1) is 14.2 Å². The second-order valence-corrected chi connectivity index (χ2v) is 7.94. The standard InChI is InChI=1S/C25H32N2O8/c1-14-12-19(31-6)8-9-20(14)15(2)17(4)35-25(30)16(3)27-24(29)22-23(34-13-33-18(5)28)21(32-7)10-11-26-22/h8-12,15-17H,13H2,1-7H3,(H,27,29)/t15-,16-,17+/m0/s1. The number of rotatable bonds is 11. The smallest absolute Gasteiger partial charge is 0.328 e. The minimum atomic E-state index is -0.969. The highest BCUT2D eigenvalue weighted by molar-refractivity contribution is 5.98. The molecule has 0 aliphatic heterocycles. The molecule has 1 aromatic carbocycles. The predicted molar refractivity (Wildman–Crippen MR) is 127 cm³/mol. The maximum absolute atomic E-state index is 12.9. The molecule has 0 bridgehead atoms. The fourth-order valence-electron chi connectivity index (χ4n) is 3.31. The maximum atomic E-state index is 12.9. The number of carbonyl (C=O) groups excluding carboxylic acids is 3. The summed E-state index contributed by atoms with van der Waals surface area (Å²) in [5.74, 6) is -0.984. The first kappa shape index (κ1) is 27.4. The zero-order valence-electron chi connectivity index (χ0n) is 21.0. The van der Waals surface area contributed by atoms with Gasteiger partial charge in [-0.25, -0.2) is 9.78 Å². The molecule has 0 fully saturated rings. The van der Waals surface area contributed by atoms with Gasteiger partial charge in [0.15, 0.2) is 17.2 Å². The molecule has 1 N–H and O–H groups in total. The van der Waals surface area contributed by atoms with Crippen molar-refractivity contribution < 1.29 is 38.1 Å². The molecule has 10 heteroatoms. The summed E-state index contributed by atoms with van der Waals surface area (Å²) < 4.78 is 26.2. The van der Waals surface area contributed by atoms with Crippen molar-refractivity contribution in [3.63, 3.8) is 0 Å². The Balaban J connectivity index is 2.07. The normalized spacial score (nSPS) is 13.1. The lowest BCUT2D eigenvalue weighted by Gasteiger charge is -2.24. The van der Waals surface area contributed by atoms with Crippen LogP contribution in [0.5, 0.6) is 17.2 Å². The third kappa shape index (κ3) is 7.33. The van der Waals surface area contributed by atoms with Crippen LogP contribution < -0.4 is 19.5 Å². The van der Waals surface area contributed by atoms with E-state index in [9.17, 15) is 14.4 Å². The van der Waals surface area contributed by atoms with Gasteiger partial charge in [-0.05, 0) is 44.0 Å². The molecular weight excluding hydrogens is 456 g/mol. The van der Waals surface area contributed by atoms with Gasteiger partial charge in [0, 0.05) is 25.1 Å². The first-order chi connectivity index (χ1) is 16.6. The van der Waals surface area contributed by atoms with E-state index in [0.717, 1.165) is 16.9 Å². The molecule has 0 saturated heterocycles. The highest BCUT2D eigenvalue weighted by Crippen LogP contribution is 2.30. The highest BCUT2D eigenvalue weighted by atomic mass is 16.7. The van der Waals surface area contributed by atoms with Crippen molar-refractivity contribution in [2.75, 3.05) is 21.0 Å². The van der Waals surface area contributed by atoms with E-state index in [-0.39, 0.29) is 23.1 Å². The summed E-state index contributed by atoms with van der Waals surface area (Å²) in [4.78, 5) is 40.6. The number of esters is 2. The SMILES string of the molecule is COc1ccc([C@@H](C)[C@@H](C)OC(=O)[C@H](C)NC(=O)c2nccc(OC)c2OCOC(C)=O)c(C)c1. The number of aromatic nitrogens is 1. The summed E-state index contributed by atoms with van der Waals surface area (Å²) in [5, 5.41) is 2.56. The molecule has 0 unspecified atom stereocenters. The zero-order valence-corrected chi connectivity index (χ0v) is 21.0. The number of hydrogen-bond acceptors (Lipinski definition) is 9. The second-order valence-electron chi connectivity index (χ2n) is 7.94. The van der Waals surface area contributed by atoms with Gasteiger partial charge >= 0.3 is 11.9 Å². The van der Waals surface area contributed by atoms with Crippen LogP contribution in [-0.4, -0.2) is 56.0 Å². The quantitative estimate of drug-likeness (QED) is 0.375. The van der Waals surface area contributed by atoms with Crippen molar-refractivity contribution in [3.05, 3.63) is 47.3 Å². The van der Waals surface area contributed by atoms with Crippen LogP contribution in [0.1, 0.15) is 55.2 Å². The molecule has 0 spiro atoms. The number of nitrogens with one attached hydrogen (secondary N) is 1. The number of ether oxygens (including phenoxy) is 5. The van der Waals surface area contributed by atoms with Gasteiger partial charge in [0.1, 0.15) is 17.9 Å². The third-order valence-electron chi connectivity index (χ3n) is 5.44. The van der Waals surface area contributed by atoms with E-state index in [0.29, 0.717) is 0 Å². The third-order valence-corrected chi connectivity index (χ3v) is 5.44. The molecule has 1 amide bonds. The van der Waals surface area contributed by atoms with Gasteiger partial charge in [-0.2, -0.15) is 0 Å². The Morgan fingerprint density at radius 1 is 1.06 bits per heavy atom. The Kier molecular flexibility index (Phi) is 9.86. The van der Waals surface area contributed by atoms with E-state index < -0.39 is 36.8 Å². The lowest BCUT2D eigenvalue weighted by molar-refractivity contribution is -0.151. The number of benzene rings is 1. The van der Waals surface area contributed by atoms with E-state index in [1.807, 2.05) is 32.0 Å². The molecule has 3 atom stereocenters. The number of carbonyl (C=O) groups is 3. The largest absolute Gasteiger partial charge is 0.497 e. The molecule has 190 valence electrons. The number of nitrogens with zero attached hydrogens (tertiary/aromatic N) is 1. The van der Waals surface area contributed by atoms with Crippen LogP contribution in [0, 0.1) is 6.92 Å². The highest BCUT2D eigenvalue weighted by Gasteiger charge is 2.27. The second kappa shape index (κ2) is 12.6. The molecule has 0 saturated carbocycles. The zero-order chi connectivity index (χ0) is 26.1. The summed E-state index contributed by atoms with van der Waals surface area (Å²) in [7, 11) is 3.00. The van der Waals surface area contributed by atoms with Crippen molar-refractivity contribution >= 4 is 17.8 Å². The van der Waals surface area contributed by atoms with Crippen molar-refractivity contribution in [2.24, 2.45) is 0 Å². The van der Waals surface area contributed by atoms with Gasteiger partial charge in [-0.3, -0.25) is 9.59 Å². The van der Waals surface area contributed by atoms with Crippen LogP contribution in [-0.2, 0) is 19.1 Å². The summed E-state index contributed by atoms with van der Waals surface area (Å²) in [6.07, 6.45) is 0.905. The predicted octanol–water partition coefficient (Wildman–Crippen LogP) is 3.16. The van der Waals surface area contributed by atoms with Crippen LogP contribution in [0.3, 0.4) is 0 Å². The summed E-state index contributed by atoms with van der Waals surface area (Å²) in [6, 6.07) is 6.25. The number of hydrogen-bond donors (Lipinski definition) is 1. The molecular formula is C25H32N2O8. The topological polar surface area (TPSA) is 122 Å². The number of amides is 1. The van der Waals surface area contributed by atoms with Crippen LogP contribution in [0.25, 0.3) is 0 Å². The van der Waals surface area contributed by atoms with Gasteiger partial charge < -0.3 is 29.0 Å². The van der Waals surface area contributed by atoms with Crippen molar-refractivity contribution in [3.8, 4) is 17.2 Å². The van der Waals surface area contributed by atoms with Crippen LogP contribution in [0.15, 0.2) is 30.5 Å². The monoisotopic (exact) mass is 488 g/mol. The molecule has 0 radical (unpaired) electrons. The van der Waals surface area contributed by atoms with E-state index in [4.69, 9.17) is 23.7 Å². The van der Waals surface area contributed by atoms with Gasteiger partial charge in [0.25, 0.3) is 5.91 Å². The summed E-state index contributed by atoms with van der Waals surface area (Å²) in [6.45, 7) is 8.02. The Labute approximate surface area is 204 Å². The molecule has 2 aromatic rings. The Hall–Kier alpha value is -3.82. The first-order valence-electron chi connectivity index (χ1n) is 11.0. The minimum absolute atomic E-state index is 0.0220. The van der Waals surface area contributed by atoms with Crippen LogP contribution in [0.4, 0.5) is 0 Å². The molecule has 35 heavy (non-hydrogen) atoms. The molecule has 1 aromatic heterocycles. The van der Waals surface area contributed by atoms with Crippen LogP contribution >= 0.6 is 0 Å². The lowest BCUT2D eigenvalue weighted by Crippen LogP contribution is -2.41. The van der Waals surface area contributed by atoms with E-state index in [2.05, 4.69) is 10.3 Å². The fraction of sp³-hybridized carbons (Fsp3) is 0.440. The number of pyridine rings is 1. The fourth-order valence-corrected chi connectivity index (χ4v) is 3.31. The average Bonchev–Trinajstić information content (AvgIpc) is 2.82. The first-order valence-corrected chi connectivity index (χ1v) is 11.0. The van der Waals surface area contributed by atoms with E-state index in [1.54, 1.807) is 14.0 Å². The van der Waals surface area contributed by atoms with Crippen molar-refractivity contribution in [1.82, 2.24) is 10.3 Å². The molecule has 0 aliphatic rings. The van der Waals surface area contributed by atoms with E-state index in [1.165, 1.54) is 33.2 Å². The van der Waals surface area contributed by atoms with Crippen molar-refractivity contribution in [2.45, 2.75) is 52.7 Å². The number of methoxy groups -OCH3 is 2. The number of aryl methyl sites for hydroxylation is 1. The average molecular weight is 489 g/mol. The minimum Gasteiger partial charge on any atom is -0.497 e. The Morgan fingerprint density at radius 2 is 1.77 bits per heavy atom. The molecule has 10 nitrogen and oxygen atoms in total. The Bertz CT molecular complexity index is 1060. The maximum Gasteiger partial charge on any atom is 0.328 e. The van der Waals surface area contributed by atoms with Gasteiger partial charge in [-0.1, -0.05) is 13.0 Å². The Morgan fingerprint density at radius 3 is 2.37 bits per heavy atom. The molecule has 2 rings (SSSR count). The van der Waals surface area contributed by atoms with Gasteiger partial charge in [-0.15, -0.1) is 0 Å². The van der Waals surface area contributed by atoms with Gasteiger partial charge in [0.2, 0.25) is 6.79 Å². The van der Waals surface area contributed by atoms with Crippen LogP contribution in [0.2, 0.25) is 0 Å². The summed E-state index contributed by atoms with van der Waals surface area (Å²) in [5.41, 5.74) is 1.91. The molecule has 0 aliphatic carbocycles. The molecule has 1 heterocycles. The van der Waals surface area contributed by atoms with E-state index >= 15 is 0 Å². The lowest BCUT2D eigenvalue weighted by atomic mass is 9.92. The van der Waals surface area contributed by atoms with Crippen molar-refractivity contribution in [1.29, 1.82) is 0 Å².